The van der Waals surface area contributed by atoms with Crippen LogP contribution in [0.5, 0.6) is 0 Å². The average Bonchev–Trinajstić information content (AvgIpc) is 2.85. The first kappa shape index (κ1) is 12.5. The first-order valence-corrected chi connectivity index (χ1v) is 6.51. The fourth-order valence-corrected chi connectivity index (χ4v) is 2.02. The molecule has 1 saturated heterocycles. The number of nitrogens with zero attached hydrogens (tertiary/aromatic N) is 2. The molecule has 0 aliphatic carbocycles. The third-order valence-electron chi connectivity index (χ3n) is 3.00. The second kappa shape index (κ2) is 6.71. The van der Waals surface area contributed by atoms with Crippen LogP contribution >= 0.6 is 0 Å². The zero-order valence-corrected chi connectivity index (χ0v) is 10.4. The van der Waals surface area contributed by atoms with Crippen LogP contribution < -0.4 is 5.32 Å². The first-order chi connectivity index (χ1) is 8.40. The molecule has 0 aromatic carbocycles. The van der Waals surface area contributed by atoms with E-state index in [9.17, 15) is 0 Å². The van der Waals surface area contributed by atoms with Gasteiger partial charge in [-0.25, -0.2) is 0 Å². The quantitative estimate of drug-likeness (QED) is 0.762. The van der Waals surface area contributed by atoms with Gasteiger partial charge in [-0.05, 0) is 32.4 Å². The van der Waals surface area contributed by atoms with Gasteiger partial charge in [0.05, 0.1) is 13.0 Å². The van der Waals surface area contributed by atoms with E-state index in [2.05, 4.69) is 22.4 Å². The molecule has 0 saturated carbocycles. The molecule has 0 unspecified atom stereocenters. The summed E-state index contributed by atoms with van der Waals surface area (Å²) in [6, 6.07) is 0. The van der Waals surface area contributed by atoms with Crippen molar-refractivity contribution in [3.05, 3.63) is 11.7 Å². The molecule has 5 nitrogen and oxygen atoms in total. The normalized spacial score (nSPS) is 17.5. The summed E-state index contributed by atoms with van der Waals surface area (Å²) in [5.41, 5.74) is 0. The maximum atomic E-state index is 5.40. The van der Waals surface area contributed by atoms with Gasteiger partial charge in [0.25, 0.3) is 0 Å². The topological polar surface area (TPSA) is 60.2 Å². The number of hydrogen-bond acceptors (Lipinski definition) is 5. The van der Waals surface area contributed by atoms with Crippen LogP contribution in [0.4, 0.5) is 0 Å². The predicted octanol–water partition coefficient (Wildman–Crippen LogP) is 1.51. The smallest absolute Gasteiger partial charge is 0.228 e. The highest BCUT2D eigenvalue weighted by atomic mass is 16.5. The Balaban J connectivity index is 1.78. The van der Waals surface area contributed by atoms with Crippen LogP contribution in [0.3, 0.4) is 0 Å². The van der Waals surface area contributed by atoms with Crippen molar-refractivity contribution in [3.63, 3.8) is 0 Å². The molecule has 1 aromatic heterocycles. The molecular weight excluding hydrogens is 218 g/mol. The van der Waals surface area contributed by atoms with Crippen LogP contribution in [0.15, 0.2) is 4.52 Å². The van der Waals surface area contributed by atoms with Crippen LogP contribution in [-0.2, 0) is 11.2 Å². The van der Waals surface area contributed by atoms with Gasteiger partial charge in [-0.1, -0.05) is 12.1 Å². The molecule has 1 aliphatic heterocycles. The molecule has 0 amide bonds. The van der Waals surface area contributed by atoms with Crippen molar-refractivity contribution in [2.45, 2.75) is 38.5 Å². The number of rotatable bonds is 6. The molecule has 2 heterocycles. The van der Waals surface area contributed by atoms with Crippen molar-refractivity contribution in [2.24, 2.45) is 0 Å². The summed E-state index contributed by atoms with van der Waals surface area (Å²) in [7, 11) is 0. The summed E-state index contributed by atoms with van der Waals surface area (Å²) in [6.45, 7) is 5.67. The summed E-state index contributed by atoms with van der Waals surface area (Å²) in [5.74, 6) is 2.04. The molecule has 0 spiro atoms. The van der Waals surface area contributed by atoms with Gasteiger partial charge in [0, 0.05) is 12.5 Å². The highest BCUT2D eigenvalue weighted by Gasteiger charge is 2.20. The Kier molecular flexibility index (Phi) is 4.94. The van der Waals surface area contributed by atoms with Crippen molar-refractivity contribution >= 4 is 0 Å². The summed E-state index contributed by atoms with van der Waals surface area (Å²) >= 11 is 0. The van der Waals surface area contributed by atoms with E-state index in [1.54, 1.807) is 0 Å². The van der Waals surface area contributed by atoms with E-state index in [4.69, 9.17) is 9.26 Å². The molecule has 1 aliphatic rings. The van der Waals surface area contributed by atoms with Crippen molar-refractivity contribution in [1.82, 2.24) is 15.5 Å². The van der Waals surface area contributed by atoms with Gasteiger partial charge in [0.15, 0.2) is 5.82 Å². The van der Waals surface area contributed by atoms with Crippen molar-refractivity contribution in [2.75, 3.05) is 26.3 Å². The molecule has 96 valence electrons. The van der Waals surface area contributed by atoms with Crippen LogP contribution in [-0.4, -0.2) is 36.4 Å². The largest absolute Gasteiger partial charge is 0.381 e. The SMILES string of the molecule is CCCOCCc1nc(C2CCNCC2)no1. The van der Waals surface area contributed by atoms with Gasteiger partial charge < -0.3 is 14.6 Å². The predicted molar refractivity (Wildman–Crippen MR) is 64.0 cm³/mol. The van der Waals surface area contributed by atoms with E-state index in [0.29, 0.717) is 18.4 Å². The maximum Gasteiger partial charge on any atom is 0.228 e. The average molecular weight is 239 g/mol. The minimum absolute atomic E-state index is 0.463. The molecule has 1 aromatic rings. The molecular formula is C12H21N3O2. The monoisotopic (exact) mass is 239 g/mol. The molecule has 17 heavy (non-hydrogen) atoms. The highest BCUT2D eigenvalue weighted by molar-refractivity contribution is 4.97. The number of piperidine rings is 1. The summed E-state index contributed by atoms with van der Waals surface area (Å²) in [4.78, 5) is 4.45. The molecule has 0 bridgehead atoms. The number of ether oxygens (including phenoxy) is 1. The van der Waals surface area contributed by atoms with Gasteiger partial charge in [-0.3, -0.25) is 0 Å². The van der Waals surface area contributed by atoms with Crippen molar-refractivity contribution in [3.8, 4) is 0 Å². The van der Waals surface area contributed by atoms with Gasteiger partial charge in [0.2, 0.25) is 5.89 Å². The molecule has 5 heteroatoms. The number of aromatic nitrogens is 2. The highest BCUT2D eigenvalue weighted by Crippen LogP contribution is 2.22. The third kappa shape index (κ3) is 3.78. The second-order valence-electron chi connectivity index (χ2n) is 4.43. The van der Waals surface area contributed by atoms with Crippen LogP contribution in [0.1, 0.15) is 43.8 Å². The lowest BCUT2D eigenvalue weighted by atomic mass is 9.98. The standard InChI is InChI=1S/C12H21N3O2/c1-2-8-16-9-5-11-14-12(15-17-11)10-3-6-13-7-4-10/h10,13H,2-9H2,1H3. The molecule has 0 atom stereocenters. The lowest BCUT2D eigenvalue weighted by Gasteiger charge is -2.18. The molecule has 1 fully saturated rings. The Bertz CT molecular complexity index is 321. The number of nitrogens with one attached hydrogen (secondary N) is 1. The first-order valence-electron chi connectivity index (χ1n) is 6.51. The zero-order chi connectivity index (χ0) is 11.9. The summed E-state index contributed by atoms with van der Waals surface area (Å²) in [5, 5.41) is 7.40. The van der Waals surface area contributed by atoms with Crippen molar-refractivity contribution < 1.29 is 9.26 Å². The minimum atomic E-state index is 0.463. The van der Waals surface area contributed by atoms with Crippen molar-refractivity contribution in [1.29, 1.82) is 0 Å². The summed E-state index contributed by atoms with van der Waals surface area (Å²) in [6.07, 6.45) is 3.97. The van der Waals surface area contributed by atoms with Gasteiger partial charge in [-0.15, -0.1) is 0 Å². The molecule has 0 radical (unpaired) electrons. The van der Waals surface area contributed by atoms with E-state index in [0.717, 1.165) is 51.2 Å². The fraction of sp³-hybridized carbons (Fsp3) is 0.833. The Labute approximate surface area is 102 Å². The van der Waals surface area contributed by atoms with Crippen LogP contribution in [0.25, 0.3) is 0 Å². The zero-order valence-electron chi connectivity index (χ0n) is 10.4. The Hall–Kier alpha value is -0.940. The Morgan fingerprint density at radius 1 is 1.35 bits per heavy atom. The second-order valence-corrected chi connectivity index (χ2v) is 4.43. The summed E-state index contributed by atoms with van der Waals surface area (Å²) < 4.78 is 10.6. The van der Waals surface area contributed by atoms with Crippen LogP contribution in [0.2, 0.25) is 0 Å². The third-order valence-corrected chi connectivity index (χ3v) is 3.00. The van der Waals surface area contributed by atoms with Crippen LogP contribution in [0, 0.1) is 0 Å². The lowest BCUT2D eigenvalue weighted by molar-refractivity contribution is 0.132. The molecule has 1 N–H and O–H groups in total. The van der Waals surface area contributed by atoms with E-state index < -0.39 is 0 Å². The van der Waals surface area contributed by atoms with E-state index in [1.165, 1.54) is 0 Å². The molecule has 2 rings (SSSR count). The van der Waals surface area contributed by atoms with E-state index in [-0.39, 0.29) is 0 Å². The van der Waals surface area contributed by atoms with E-state index in [1.807, 2.05) is 0 Å². The minimum Gasteiger partial charge on any atom is -0.381 e. The van der Waals surface area contributed by atoms with E-state index >= 15 is 0 Å². The lowest BCUT2D eigenvalue weighted by Crippen LogP contribution is -2.27. The number of hydrogen-bond donors (Lipinski definition) is 1. The van der Waals surface area contributed by atoms with Gasteiger partial charge in [0.1, 0.15) is 0 Å². The fourth-order valence-electron chi connectivity index (χ4n) is 2.02. The Morgan fingerprint density at radius 3 is 2.94 bits per heavy atom. The Morgan fingerprint density at radius 2 is 2.18 bits per heavy atom. The van der Waals surface area contributed by atoms with Gasteiger partial charge >= 0.3 is 0 Å². The maximum absolute atomic E-state index is 5.40. The van der Waals surface area contributed by atoms with Gasteiger partial charge in [-0.2, -0.15) is 4.98 Å².